The van der Waals surface area contributed by atoms with Crippen LogP contribution in [0.4, 0.5) is 0 Å². The molecule has 0 fully saturated rings. The quantitative estimate of drug-likeness (QED) is 0.694. The zero-order chi connectivity index (χ0) is 11.1. The van der Waals surface area contributed by atoms with E-state index in [9.17, 15) is 4.79 Å². The summed E-state index contributed by atoms with van der Waals surface area (Å²) in [6, 6.07) is 4.23. The Labute approximate surface area is 90.6 Å². The normalized spacial score (nSPS) is 10.6. The second kappa shape index (κ2) is 6.24. The van der Waals surface area contributed by atoms with Crippen molar-refractivity contribution in [3.05, 3.63) is 24.5 Å². The number of hydrogen-bond acceptors (Lipinski definition) is 2. The maximum absolute atomic E-state index is 11.4. The van der Waals surface area contributed by atoms with Crippen LogP contribution in [0.2, 0.25) is 0 Å². The maximum Gasteiger partial charge on any atom is 0.238 e. The highest BCUT2D eigenvalue weighted by Gasteiger charge is 2.00. The SMILES string of the molecule is CC(C)NCCCC(=O)Nn1cccc1. The number of aromatic nitrogens is 1. The molecule has 0 saturated heterocycles. The standard InChI is InChI=1S/C11H19N3O/c1-10(2)12-7-5-6-11(15)13-14-8-3-4-9-14/h3-4,8-10,12H,5-7H2,1-2H3,(H,13,15). The molecule has 0 aliphatic rings. The Balaban J connectivity index is 2.09. The highest BCUT2D eigenvalue weighted by molar-refractivity contribution is 5.83. The third-order valence-corrected chi connectivity index (χ3v) is 1.99. The van der Waals surface area contributed by atoms with Gasteiger partial charge in [-0.3, -0.25) is 14.9 Å². The lowest BCUT2D eigenvalue weighted by Gasteiger charge is -2.08. The molecule has 4 heteroatoms. The van der Waals surface area contributed by atoms with Crippen LogP contribution >= 0.6 is 0 Å². The van der Waals surface area contributed by atoms with Gasteiger partial charge in [0.15, 0.2) is 0 Å². The number of amides is 1. The number of nitrogens with one attached hydrogen (secondary N) is 2. The van der Waals surface area contributed by atoms with E-state index in [1.165, 1.54) is 0 Å². The molecule has 1 heterocycles. The largest absolute Gasteiger partial charge is 0.315 e. The highest BCUT2D eigenvalue weighted by Crippen LogP contribution is 1.91. The fourth-order valence-corrected chi connectivity index (χ4v) is 1.25. The van der Waals surface area contributed by atoms with Crippen LogP contribution < -0.4 is 10.7 Å². The summed E-state index contributed by atoms with van der Waals surface area (Å²) in [5.41, 5.74) is 2.76. The third-order valence-electron chi connectivity index (χ3n) is 1.99. The van der Waals surface area contributed by atoms with Gasteiger partial charge in [-0.1, -0.05) is 13.8 Å². The number of hydrogen-bond donors (Lipinski definition) is 2. The first kappa shape index (κ1) is 11.8. The summed E-state index contributed by atoms with van der Waals surface area (Å²) in [5, 5.41) is 3.27. The van der Waals surface area contributed by atoms with E-state index in [2.05, 4.69) is 24.6 Å². The van der Waals surface area contributed by atoms with Crippen molar-refractivity contribution in [1.29, 1.82) is 0 Å². The smallest absolute Gasteiger partial charge is 0.238 e. The van der Waals surface area contributed by atoms with Crippen LogP contribution in [0.1, 0.15) is 26.7 Å². The van der Waals surface area contributed by atoms with Crippen molar-refractivity contribution in [2.45, 2.75) is 32.7 Å². The number of carbonyl (C=O) groups excluding carboxylic acids is 1. The summed E-state index contributed by atoms with van der Waals surface area (Å²) >= 11 is 0. The molecule has 0 spiro atoms. The van der Waals surface area contributed by atoms with Gasteiger partial charge in [0, 0.05) is 24.9 Å². The summed E-state index contributed by atoms with van der Waals surface area (Å²) in [5.74, 6) is 0.0526. The number of nitrogens with zero attached hydrogens (tertiary/aromatic N) is 1. The lowest BCUT2D eigenvalue weighted by Crippen LogP contribution is -2.26. The maximum atomic E-state index is 11.4. The molecule has 0 aliphatic heterocycles. The van der Waals surface area contributed by atoms with E-state index in [4.69, 9.17) is 0 Å². The molecule has 0 aliphatic carbocycles. The van der Waals surface area contributed by atoms with Crippen LogP contribution in [0, 0.1) is 0 Å². The van der Waals surface area contributed by atoms with Gasteiger partial charge in [0.1, 0.15) is 0 Å². The Morgan fingerprint density at radius 2 is 2.00 bits per heavy atom. The van der Waals surface area contributed by atoms with E-state index in [0.29, 0.717) is 12.5 Å². The highest BCUT2D eigenvalue weighted by atomic mass is 16.2. The van der Waals surface area contributed by atoms with Crippen molar-refractivity contribution in [2.75, 3.05) is 12.0 Å². The molecule has 0 atom stereocenters. The molecule has 0 bridgehead atoms. The summed E-state index contributed by atoms with van der Waals surface area (Å²) in [4.78, 5) is 11.4. The Morgan fingerprint density at radius 1 is 1.33 bits per heavy atom. The fraction of sp³-hybridized carbons (Fsp3) is 0.545. The van der Waals surface area contributed by atoms with E-state index in [1.807, 2.05) is 24.5 Å². The lowest BCUT2D eigenvalue weighted by molar-refractivity contribution is -0.117. The first-order chi connectivity index (χ1) is 7.18. The van der Waals surface area contributed by atoms with E-state index >= 15 is 0 Å². The molecule has 2 N–H and O–H groups in total. The zero-order valence-electron chi connectivity index (χ0n) is 9.36. The molecule has 1 aromatic heterocycles. The molecule has 0 unspecified atom stereocenters. The average Bonchev–Trinajstić information content (AvgIpc) is 2.64. The van der Waals surface area contributed by atoms with E-state index in [-0.39, 0.29) is 5.91 Å². The van der Waals surface area contributed by atoms with Crippen molar-refractivity contribution in [3.63, 3.8) is 0 Å². The van der Waals surface area contributed by atoms with Gasteiger partial charge in [-0.05, 0) is 25.1 Å². The fourth-order valence-electron chi connectivity index (χ4n) is 1.25. The zero-order valence-corrected chi connectivity index (χ0v) is 9.36. The monoisotopic (exact) mass is 209 g/mol. The van der Waals surface area contributed by atoms with Gasteiger partial charge >= 0.3 is 0 Å². The molecular formula is C11H19N3O. The van der Waals surface area contributed by atoms with Crippen LogP contribution in [-0.4, -0.2) is 23.2 Å². The van der Waals surface area contributed by atoms with Gasteiger partial charge in [-0.25, -0.2) is 0 Å². The Bertz CT molecular complexity index is 280. The molecule has 1 aromatic rings. The van der Waals surface area contributed by atoms with E-state index in [0.717, 1.165) is 13.0 Å². The van der Waals surface area contributed by atoms with Crippen molar-refractivity contribution in [2.24, 2.45) is 0 Å². The first-order valence-corrected chi connectivity index (χ1v) is 5.34. The molecule has 1 rings (SSSR count). The van der Waals surface area contributed by atoms with Gasteiger partial charge in [0.2, 0.25) is 5.91 Å². The van der Waals surface area contributed by atoms with Crippen molar-refractivity contribution < 1.29 is 4.79 Å². The van der Waals surface area contributed by atoms with Gasteiger partial charge in [-0.15, -0.1) is 0 Å². The van der Waals surface area contributed by atoms with Crippen molar-refractivity contribution >= 4 is 5.91 Å². The first-order valence-electron chi connectivity index (χ1n) is 5.34. The van der Waals surface area contributed by atoms with Gasteiger partial charge < -0.3 is 5.32 Å². The predicted molar refractivity (Wildman–Crippen MR) is 61.2 cm³/mol. The Kier molecular flexibility index (Phi) is 4.90. The van der Waals surface area contributed by atoms with Crippen LogP contribution in [0.15, 0.2) is 24.5 Å². The molecule has 84 valence electrons. The molecular weight excluding hydrogens is 190 g/mol. The lowest BCUT2D eigenvalue weighted by atomic mass is 10.3. The van der Waals surface area contributed by atoms with Crippen molar-refractivity contribution in [1.82, 2.24) is 9.99 Å². The van der Waals surface area contributed by atoms with Crippen molar-refractivity contribution in [3.8, 4) is 0 Å². The van der Waals surface area contributed by atoms with Gasteiger partial charge in [-0.2, -0.15) is 0 Å². The van der Waals surface area contributed by atoms with Crippen LogP contribution in [0.3, 0.4) is 0 Å². The second-order valence-electron chi connectivity index (χ2n) is 3.84. The van der Waals surface area contributed by atoms with Crippen LogP contribution in [0.25, 0.3) is 0 Å². The van der Waals surface area contributed by atoms with E-state index < -0.39 is 0 Å². The topological polar surface area (TPSA) is 46.1 Å². The molecule has 4 nitrogen and oxygen atoms in total. The number of carbonyl (C=O) groups is 1. The summed E-state index contributed by atoms with van der Waals surface area (Å²) in [6.07, 6.45) is 5.04. The predicted octanol–water partition coefficient (Wildman–Crippen LogP) is 1.34. The molecule has 15 heavy (non-hydrogen) atoms. The van der Waals surface area contributed by atoms with E-state index in [1.54, 1.807) is 4.68 Å². The minimum atomic E-state index is 0.0526. The second-order valence-corrected chi connectivity index (χ2v) is 3.84. The summed E-state index contributed by atoms with van der Waals surface area (Å²) < 4.78 is 1.66. The Morgan fingerprint density at radius 3 is 2.60 bits per heavy atom. The molecule has 0 radical (unpaired) electrons. The summed E-state index contributed by atoms with van der Waals surface area (Å²) in [7, 11) is 0. The van der Waals surface area contributed by atoms with Gasteiger partial charge in [0.05, 0.1) is 0 Å². The molecule has 1 amide bonds. The third kappa shape index (κ3) is 5.22. The minimum absolute atomic E-state index is 0.0526. The summed E-state index contributed by atoms with van der Waals surface area (Å²) in [6.45, 7) is 5.08. The number of rotatable bonds is 6. The van der Waals surface area contributed by atoms with Crippen LogP contribution in [-0.2, 0) is 4.79 Å². The minimum Gasteiger partial charge on any atom is -0.315 e. The molecule has 0 saturated carbocycles. The van der Waals surface area contributed by atoms with Crippen LogP contribution in [0.5, 0.6) is 0 Å². The Hall–Kier alpha value is -1.29. The average molecular weight is 209 g/mol. The van der Waals surface area contributed by atoms with Gasteiger partial charge in [0.25, 0.3) is 0 Å². The molecule has 0 aromatic carbocycles.